The summed E-state index contributed by atoms with van der Waals surface area (Å²) in [5.74, 6) is -0.825. The van der Waals surface area contributed by atoms with Crippen molar-refractivity contribution < 1.29 is 14.3 Å². The van der Waals surface area contributed by atoms with Gasteiger partial charge in [0.15, 0.2) is 6.61 Å². The Morgan fingerprint density at radius 2 is 1.79 bits per heavy atom. The molecule has 0 heterocycles. The fourth-order valence-electron chi connectivity index (χ4n) is 1.69. The highest BCUT2D eigenvalue weighted by Gasteiger charge is 2.13. The van der Waals surface area contributed by atoms with E-state index in [1.807, 2.05) is 39.0 Å². The number of rotatable bonds is 5. The lowest BCUT2D eigenvalue weighted by Gasteiger charge is -2.10. The van der Waals surface area contributed by atoms with Gasteiger partial charge in [-0.3, -0.25) is 9.59 Å². The first-order valence-corrected chi connectivity index (χ1v) is 6.47. The smallest absolute Gasteiger partial charge is 0.309 e. The number of hydrogen-bond acceptors (Lipinski definition) is 3. The molecule has 0 saturated heterocycles. The van der Waals surface area contributed by atoms with Crippen molar-refractivity contribution in [2.24, 2.45) is 5.92 Å². The summed E-state index contributed by atoms with van der Waals surface area (Å²) in [5.41, 5.74) is 2.88. The van der Waals surface area contributed by atoms with Crippen LogP contribution in [0.15, 0.2) is 18.2 Å². The van der Waals surface area contributed by atoms with E-state index >= 15 is 0 Å². The van der Waals surface area contributed by atoms with Gasteiger partial charge < -0.3 is 10.1 Å². The van der Waals surface area contributed by atoms with Crippen molar-refractivity contribution in [1.29, 1.82) is 0 Å². The van der Waals surface area contributed by atoms with Gasteiger partial charge in [0.05, 0.1) is 5.92 Å². The van der Waals surface area contributed by atoms with Crippen molar-refractivity contribution in [2.45, 2.75) is 34.1 Å². The van der Waals surface area contributed by atoms with Crippen molar-refractivity contribution in [2.75, 3.05) is 11.9 Å². The number of hydrogen-bond donors (Lipinski definition) is 1. The Balaban J connectivity index is 2.49. The van der Waals surface area contributed by atoms with E-state index in [2.05, 4.69) is 5.32 Å². The van der Waals surface area contributed by atoms with E-state index in [-0.39, 0.29) is 24.4 Å². The number of benzene rings is 1. The Morgan fingerprint density at radius 1 is 1.21 bits per heavy atom. The van der Waals surface area contributed by atoms with Gasteiger partial charge in [0.25, 0.3) is 5.91 Å². The molecule has 1 aromatic carbocycles. The molecule has 0 spiro atoms. The normalized spacial score (nSPS) is 11.8. The number of carbonyl (C=O) groups is 2. The molecular weight excluding hydrogens is 242 g/mol. The molecule has 0 aliphatic carbocycles. The number of anilines is 1. The maximum atomic E-state index is 11.7. The molecule has 1 amide bonds. The maximum Gasteiger partial charge on any atom is 0.309 e. The van der Waals surface area contributed by atoms with Gasteiger partial charge in [-0.2, -0.15) is 0 Å². The molecule has 1 aromatic rings. The van der Waals surface area contributed by atoms with Gasteiger partial charge in [0.1, 0.15) is 0 Å². The van der Waals surface area contributed by atoms with Crippen LogP contribution in [0.4, 0.5) is 5.69 Å². The van der Waals surface area contributed by atoms with Crippen molar-refractivity contribution in [3.8, 4) is 0 Å². The van der Waals surface area contributed by atoms with Crippen LogP contribution in [0.25, 0.3) is 0 Å². The summed E-state index contributed by atoms with van der Waals surface area (Å²) in [7, 11) is 0. The lowest BCUT2D eigenvalue weighted by molar-refractivity contribution is -0.151. The number of aryl methyl sites for hydroxylation is 2. The fourth-order valence-corrected chi connectivity index (χ4v) is 1.69. The molecule has 1 atom stereocenters. The van der Waals surface area contributed by atoms with Crippen LogP contribution in [0.3, 0.4) is 0 Å². The van der Waals surface area contributed by atoms with Crippen LogP contribution in [0, 0.1) is 19.8 Å². The highest BCUT2D eigenvalue weighted by Crippen LogP contribution is 2.13. The van der Waals surface area contributed by atoms with Crippen LogP contribution in [0.1, 0.15) is 31.4 Å². The molecule has 0 fully saturated rings. The summed E-state index contributed by atoms with van der Waals surface area (Å²) in [6.45, 7) is 7.37. The predicted octanol–water partition coefficient (Wildman–Crippen LogP) is 2.83. The molecular formula is C15H21NO3. The Labute approximate surface area is 114 Å². The summed E-state index contributed by atoms with van der Waals surface area (Å²) >= 11 is 0. The molecule has 104 valence electrons. The topological polar surface area (TPSA) is 55.4 Å². The second-order valence-electron chi connectivity index (χ2n) is 4.84. The van der Waals surface area contributed by atoms with Crippen molar-refractivity contribution in [3.05, 3.63) is 29.3 Å². The summed E-state index contributed by atoms with van der Waals surface area (Å²) < 4.78 is 4.94. The molecule has 0 aliphatic rings. The van der Waals surface area contributed by atoms with Crippen LogP contribution < -0.4 is 5.32 Å². The average molecular weight is 263 g/mol. The largest absolute Gasteiger partial charge is 0.455 e. The molecule has 0 bridgehead atoms. The van der Waals surface area contributed by atoms with Crippen LogP contribution in [0.2, 0.25) is 0 Å². The lowest BCUT2D eigenvalue weighted by atomic mass is 10.1. The Morgan fingerprint density at radius 3 is 2.32 bits per heavy atom. The Hall–Kier alpha value is -1.84. The van der Waals surface area contributed by atoms with Crippen molar-refractivity contribution >= 4 is 17.6 Å². The van der Waals surface area contributed by atoms with E-state index < -0.39 is 0 Å². The number of carbonyl (C=O) groups excluding carboxylic acids is 2. The van der Waals surface area contributed by atoms with Gasteiger partial charge >= 0.3 is 5.97 Å². The van der Waals surface area contributed by atoms with Gasteiger partial charge in [-0.15, -0.1) is 0 Å². The standard InChI is InChI=1S/C15H21NO3/c1-5-12(4)15(18)19-9-14(17)16-13-7-10(2)6-11(3)8-13/h6-8,12H,5,9H2,1-4H3,(H,16,17). The minimum atomic E-state index is -0.335. The molecule has 1 rings (SSSR count). The summed E-state index contributed by atoms with van der Waals surface area (Å²) in [6.07, 6.45) is 0.706. The Kier molecular flexibility index (Phi) is 5.55. The van der Waals surface area contributed by atoms with E-state index in [0.29, 0.717) is 6.42 Å². The maximum absolute atomic E-state index is 11.7. The van der Waals surface area contributed by atoms with Crippen LogP contribution in [-0.2, 0) is 14.3 Å². The summed E-state index contributed by atoms with van der Waals surface area (Å²) in [6, 6.07) is 5.78. The van der Waals surface area contributed by atoms with E-state index in [0.717, 1.165) is 16.8 Å². The summed E-state index contributed by atoms with van der Waals surface area (Å²) in [5, 5.41) is 2.72. The van der Waals surface area contributed by atoms with E-state index in [1.54, 1.807) is 6.92 Å². The first-order valence-electron chi connectivity index (χ1n) is 6.47. The Bertz CT molecular complexity index is 448. The average Bonchev–Trinajstić information content (AvgIpc) is 2.33. The third kappa shape index (κ3) is 5.12. The van der Waals surface area contributed by atoms with E-state index in [9.17, 15) is 9.59 Å². The van der Waals surface area contributed by atoms with Crippen LogP contribution >= 0.6 is 0 Å². The van der Waals surface area contributed by atoms with Crippen molar-refractivity contribution in [1.82, 2.24) is 0 Å². The second kappa shape index (κ2) is 6.92. The lowest BCUT2D eigenvalue weighted by Crippen LogP contribution is -2.23. The zero-order valence-corrected chi connectivity index (χ0v) is 11.9. The van der Waals surface area contributed by atoms with E-state index in [1.165, 1.54) is 0 Å². The molecule has 4 heteroatoms. The van der Waals surface area contributed by atoms with Gasteiger partial charge in [-0.1, -0.05) is 19.9 Å². The first kappa shape index (κ1) is 15.2. The third-order valence-corrected chi connectivity index (χ3v) is 2.87. The molecule has 1 unspecified atom stereocenters. The third-order valence-electron chi connectivity index (χ3n) is 2.87. The quantitative estimate of drug-likeness (QED) is 0.831. The molecule has 4 nitrogen and oxygen atoms in total. The predicted molar refractivity (Wildman–Crippen MR) is 75.0 cm³/mol. The molecule has 0 aliphatic heterocycles. The molecule has 0 aromatic heterocycles. The molecule has 0 saturated carbocycles. The second-order valence-corrected chi connectivity index (χ2v) is 4.84. The van der Waals surface area contributed by atoms with Crippen molar-refractivity contribution in [3.63, 3.8) is 0 Å². The number of amides is 1. The van der Waals surface area contributed by atoms with Gasteiger partial charge in [-0.05, 0) is 43.5 Å². The SMILES string of the molecule is CCC(C)C(=O)OCC(=O)Nc1cc(C)cc(C)c1. The minimum Gasteiger partial charge on any atom is -0.455 e. The highest BCUT2D eigenvalue weighted by molar-refractivity contribution is 5.93. The zero-order chi connectivity index (χ0) is 14.4. The van der Waals surface area contributed by atoms with Crippen LogP contribution in [-0.4, -0.2) is 18.5 Å². The van der Waals surface area contributed by atoms with Crippen LogP contribution in [0.5, 0.6) is 0 Å². The zero-order valence-electron chi connectivity index (χ0n) is 11.9. The van der Waals surface area contributed by atoms with Gasteiger partial charge in [0.2, 0.25) is 0 Å². The molecule has 1 N–H and O–H groups in total. The molecule has 0 radical (unpaired) electrons. The summed E-state index contributed by atoms with van der Waals surface area (Å²) in [4.78, 5) is 23.1. The monoisotopic (exact) mass is 263 g/mol. The fraction of sp³-hybridized carbons (Fsp3) is 0.467. The minimum absolute atomic E-state index is 0.172. The van der Waals surface area contributed by atoms with E-state index in [4.69, 9.17) is 4.74 Å². The number of ether oxygens (including phenoxy) is 1. The highest BCUT2D eigenvalue weighted by atomic mass is 16.5. The number of nitrogens with one attached hydrogen (secondary N) is 1. The van der Waals surface area contributed by atoms with Gasteiger partial charge in [0, 0.05) is 5.69 Å². The number of esters is 1. The first-order chi connectivity index (χ1) is 8.92. The molecule has 19 heavy (non-hydrogen) atoms. The van der Waals surface area contributed by atoms with Gasteiger partial charge in [-0.25, -0.2) is 0 Å².